The predicted molar refractivity (Wildman–Crippen MR) is 276 cm³/mol. The van der Waals surface area contributed by atoms with Gasteiger partial charge in [0.1, 0.15) is 53.6 Å². The molecule has 376 valence electrons. The number of carbonyl (C=O) groups excluding carboxylic acids is 5. The molecule has 4 aromatic carbocycles. The summed E-state index contributed by atoms with van der Waals surface area (Å²) in [5.74, 6) is -1.01. The van der Waals surface area contributed by atoms with Gasteiger partial charge in [-0.1, -0.05) is 79.7 Å². The molecule has 16 heteroatoms. The Kier molecular flexibility index (Phi) is 18.1. The Hall–Kier alpha value is -8.92. The van der Waals surface area contributed by atoms with Crippen molar-refractivity contribution in [2.45, 2.75) is 78.7 Å². The first-order chi connectivity index (χ1) is 34.9. The summed E-state index contributed by atoms with van der Waals surface area (Å²) in [6.07, 6.45) is 9.10. The second-order valence-corrected chi connectivity index (χ2v) is 17.6. The number of pyridine rings is 3. The topological polar surface area (TPSA) is 228 Å². The molecule has 4 heterocycles. The molecule has 0 saturated heterocycles. The van der Waals surface area contributed by atoms with Crippen LogP contribution in [0, 0.1) is 0 Å². The summed E-state index contributed by atoms with van der Waals surface area (Å²) in [5.41, 5.74) is 6.53. The van der Waals surface area contributed by atoms with Gasteiger partial charge in [0.15, 0.2) is 0 Å². The number of alkyl carbamates (subject to hydrolysis) is 1. The Labute approximate surface area is 422 Å². The number of benzene rings is 4. The molecule has 1 aliphatic heterocycles. The molecule has 3 amide bonds. The minimum absolute atomic E-state index is 0.0796. The second-order valence-electron chi connectivity index (χ2n) is 17.6. The van der Waals surface area contributed by atoms with Crippen molar-refractivity contribution in [2.75, 3.05) is 6.54 Å². The molecule has 16 nitrogen and oxygen atoms in total. The number of hydrogen-bond donors (Lipinski definition) is 4. The molecule has 3 aromatic heterocycles. The van der Waals surface area contributed by atoms with E-state index >= 15 is 0 Å². The van der Waals surface area contributed by atoms with Crippen LogP contribution < -0.4 is 5.32 Å². The number of phenols is 3. The van der Waals surface area contributed by atoms with E-state index in [2.05, 4.69) is 33.4 Å². The highest BCUT2D eigenvalue weighted by Crippen LogP contribution is 2.29. The summed E-state index contributed by atoms with van der Waals surface area (Å²) in [4.78, 5) is 72.1. The second kappa shape index (κ2) is 24.8. The van der Waals surface area contributed by atoms with E-state index in [1.807, 2.05) is 63.2 Å². The molecule has 73 heavy (non-hydrogen) atoms. The van der Waals surface area contributed by atoms with Crippen LogP contribution in [0.25, 0.3) is 38.3 Å². The van der Waals surface area contributed by atoms with E-state index in [0.29, 0.717) is 41.5 Å². The third-order valence-electron chi connectivity index (χ3n) is 11.6. The summed E-state index contributed by atoms with van der Waals surface area (Å²) in [6, 6.07) is 28.5. The van der Waals surface area contributed by atoms with E-state index in [4.69, 9.17) is 14.2 Å². The van der Waals surface area contributed by atoms with E-state index in [1.54, 1.807) is 74.0 Å². The lowest BCUT2D eigenvalue weighted by atomic mass is 9.92. The van der Waals surface area contributed by atoms with E-state index < -0.39 is 17.6 Å². The minimum atomic E-state index is -0.610. The van der Waals surface area contributed by atoms with Crippen LogP contribution >= 0.6 is 0 Å². The molecular weight excluding hydrogens is 931 g/mol. The van der Waals surface area contributed by atoms with Crippen molar-refractivity contribution in [3.8, 4) is 17.2 Å². The largest absolute Gasteiger partial charge is 0.506 e. The van der Waals surface area contributed by atoms with Crippen molar-refractivity contribution in [1.82, 2.24) is 25.2 Å². The molecule has 0 saturated carbocycles. The van der Waals surface area contributed by atoms with Gasteiger partial charge in [-0.3, -0.25) is 34.2 Å². The van der Waals surface area contributed by atoms with Crippen molar-refractivity contribution in [3.05, 3.63) is 174 Å². The predicted octanol–water partition coefficient (Wildman–Crippen LogP) is 10.2. The lowest BCUT2D eigenvalue weighted by Crippen LogP contribution is -2.41. The van der Waals surface area contributed by atoms with Crippen molar-refractivity contribution in [2.24, 2.45) is 0 Å². The molecule has 0 bridgehead atoms. The number of ether oxygens (including phenoxy) is 3. The SMILES string of the molecule is C=C(C)C(=O)OCc1ccc(O)c2ncccc12.C=C(C)c1cccc(C(C)(C)NC(=O)OCc2ccc(O)c3ncccc23)c1.O=C(CCCCCN1C(=O)C=CC1=O)OCc1ccc(O)c2ncccc12. The van der Waals surface area contributed by atoms with Gasteiger partial charge in [-0.05, 0) is 111 Å². The van der Waals surface area contributed by atoms with Gasteiger partial charge in [0.2, 0.25) is 0 Å². The van der Waals surface area contributed by atoms with E-state index in [1.165, 1.54) is 23.1 Å². The Bertz CT molecular complexity index is 3220. The number of allylic oxidation sites excluding steroid dienone is 1. The number of carbonyl (C=O) groups is 5. The van der Waals surface area contributed by atoms with Crippen molar-refractivity contribution < 1.29 is 53.5 Å². The standard InChI is InChI=1S/C23H24N2O3.C20H20N2O5.C14H13NO3/c1-15(2)16-7-5-8-18(13-16)23(3,4)25-22(27)28-14-17-10-11-20(26)21-19(17)9-6-12-24-21;23-16-8-7-14(15-5-4-11-21-20(15)16)13-27-19(26)6-2-1-3-12-22-17(24)9-10-18(22)25;1-9(2)14(17)18-8-10-5-6-12(16)13-11(10)4-3-7-15-13/h5-13,26H,1,14H2,2-4H3,(H,25,27);4-5,7-11,23H,1-3,6,12-13H2;3-7,16H,1,8H2,2H3. The van der Waals surface area contributed by atoms with Crippen molar-refractivity contribution in [1.29, 1.82) is 0 Å². The van der Waals surface area contributed by atoms with Gasteiger partial charge in [-0.15, -0.1) is 0 Å². The summed E-state index contributed by atoms with van der Waals surface area (Å²) >= 11 is 0. The Morgan fingerprint density at radius 1 is 0.616 bits per heavy atom. The average Bonchev–Trinajstić information content (AvgIpc) is 3.71. The zero-order chi connectivity index (χ0) is 52.7. The van der Waals surface area contributed by atoms with Crippen LogP contribution in [0.15, 0.2) is 147 Å². The van der Waals surface area contributed by atoms with E-state index in [-0.39, 0.29) is 61.3 Å². The fourth-order valence-electron chi connectivity index (χ4n) is 7.57. The fraction of sp³-hybridized carbons (Fsp3) is 0.228. The monoisotopic (exact) mass is 987 g/mol. The van der Waals surface area contributed by atoms with Crippen LogP contribution in [0.3, 0.4) is 0 Å². The highest BCUT2D eigenvalue weighted by Gasteiger charge is 2.25. The van der Waals surface area contributed by atoms with Gasteiger partial charge in [0, 0.05) is 65.4 Å². The maximum absolute atomic E-state index is 12.4. The van der Waals surface area contributed by atoms with Crippen molar-refractivity contribution >= 4 is 68.1 Å². The van der Waals surface area contributed by atoms with Crippen LogP contribution in [0.5, 0.6) is 17.2 Å². The van der Waals surface area contributed by atoms with Crippen LogP contribution in [-0.4, -0.2) is 71.6 Å². The van der Waals surface area contributed by atoms with Gasteiger partial charge in [-0.2, -0.15) is 0 Å². The number of aromatic hydroxyl groups is 3. The molecule has 8 rings (SSSR count). The summed E-state index contributed by atoms with van der Waals surface area (Å²) in [7, 11) is 0. The minimum Gasteiger partial charge on any atom is -0.506 e. The first kappa shape index (κ1) is 53.4. The third kappa shape index (κ3) is 14.3. The molecule has 1 aliphatic rings. The van der Waals surface area contributed by atoms with Crippen LogP contribution in [0.1, 0.15) is 81.2 Å². The lowest BCUT2D eigenvalue weighted by molar-refractivity contribution is -0.145. The number of imide groups is 1. The maximum Gasteiger partial charge on any atom is 0.408 e. The van der Waals surface area contributed by atoms with Crippen molar-refractivity contribution in [3.63, 3.8) is 0 Å². The lowest BCUT2D eigenvalue weighted by Gasteiger charge is -2.27. The number of nitrogens with zero attached hydrogens (tertiary/aromatic N) is 4. The fourth-order valence-corrected chi connectivity index (χ4v) is 7.57. The number of rotatable bonds is 16. The molecule has 7 aromatic rings. The number of amides is 3. The Morgan fingerprint density at radius 2 is 1.10 bits per heavy atom. The highest BCUT2D eigenvalue weighted by molar-refractivity contribution is 6.12. The molecule has 0 radical (unpaired) electrons. The molecule has 0 fully saturated rings. The molecule has 4 N–H and O–H groups in total. The number of aromatic nitrogens is 3. The van der Waals surface area contributed by atoms with E-state index in [0.717, 1.165) is 56.0 Å². The molecule has 0 atom stereocenters. The number of phenolic OH excluding ortho intramolecular Hbond substituents is 3. The maximum atomic E-state index is 12.4. The van der Waals surface area contributed by atoms with Crippen LogP contribution in [-0.2, 0) is 58.7 Å². The van der Waals surface area contributed by atoms with Gasteiger partial charge in [0.05, 0.1) is 5.54 Å². The molecule has 0 spiro atoms. The first-order valence-electron chi connectivity index (χ1n) is 23.3. The molecule has 0 unspecified atom stereocenters. The normalized spacial score (nSPS) is 11.9. The zero-order valence-corrected chi connectivity index (χ0v) is 41.1. The smallest absolute Gasteiger partial charge is 0.408 e. The summed E-state index contributed by atoms with van der Waals surface area (Å²) in [6.45, 7) is 15.6. The third-order valence-corrected chi connectivity index (χ3v) is 11.6. The first-order valence-corrected chi connectivity index (χ1v) is 23.3. The Morgan fingerprint density at radius 3 is 1.58 bits per heavy atom. The number of hydrogen-bond acceptors (Lipinski definition) is 14. The van der Waals surface area contributed by atoms with Gasteiger partial charge in [0.25, 0.3) is 11.8 Å². The number of esters is 2. The highest BCUT2D eigenvalue weighted by atomic mass is 16.5. The number of unbranched alkanes of at least 4 members (excludes halogenated alkanes) is 2. The zero-order valence-electron chi connectivity index (χ0n) is 41.1. The molecule has 0 aliphatic carbocycles. The molecular formula is C57H57N5O11. The van der Waals surface area contributed by atoms with Gasteiger partial charge < -0.3 is 34.8 Å². The van der Waals surface area contributed by atoms with Gasteiger partial charge >= 0.3 is 18.0 Å². The van der Waals surface area contributed by atoms with E-state index in [9.17, 15) is 39.3 Å². The summed E-state index contributed by atoms with van der Waals surface area (Å²) < 4.78 is 15.8. The Balaban J connectivity index is 0.000000183. The summed E-state index contributed by atoms with van der Waals surface area (Å²) in [5, 5.41) is 34.6. The average molecular weight is 988 g/mol. The van der Waals surface area contributed by atoms with Gasteiger partial charge in [-0.25, -0.2) is 9.59 Å². The van der Waals surface area contributed by atoms with Crippen LogP contribution in [0.2, 0.25) is 0 Å². The van der Waals surface area contributed by atoms with Crippen LogP contribution in [0.4, 0.5) is 4.79 Å². The number of nitrogens with one attached hydrogen (secondary N) is 1. The number of fused-ring (bicyclic) bond motifs is 3. The quantitative estimate of drug-likeness (QED) is 0.0232.